The molecule has 0 N–H and O–H groups in total. The fourth-order valence-electron chi connectivity index (χ4n) is 4.17. The van der Waals surface area contributed by atoms with Gasteiger partial charge < -0.3 is 0 Å². The van der Waals surface area contributed by atoms with Crippen molar-refractivity contribution in [2.75, 3.05) is 0 Å². The second kappa shape index (κ2) is 4.46. The zero-order chi connectivity index (χ0) is 15.7. The molecule has 0 saturated heterocycles. The Kier molecular flexibility index (Phi) is 2.37. The molecule has 5 aromatic rings. The lowest BCUT2D eigenvalue weighted by Crippen LogP contribution is -1.79. The first-order valence-corrected chi connectivity index (χ1v) is 9.15. The highest BCUT2D eigenvalue weighted by Gasteiger charge is 2.20. The predicted molar refractivity (Wildman–Crippen MR) is 105 cm³/mol. The van der Waals surface area contributed by atoms with Gasteiger partial charge in [-0.05, 0) is 57.6 Å². The molecule has 0 nitrogen and oxygen atoms in total. The maximum absolute atomic E-state index is 2.43. The van der Waals surface area contributed by atoms with E-state index in [9.17, 15) is 0 Å². The largest absolute Gasteiger partial charge is 0.135 e. The van der Waals surface area contributed by atoms with Crippen molar-refractivity contribution in [3.63, 3.8) is 0 Å². The molecule has 0 aliphatic heterocycles. The number of fused-ring (bicyclic) bond motifs is 8. The van der Waals surface area contributed by atoms with Gasteiger partial charge in [0.05, 0.1) is 0 Å². The van der Waals surface area contributed by atoms with Crippen molar-refractivity contribution in [2.45, 2.75) is 6.42 Å². The Bertz CT molecular complexity index is 1270. The first-order valence-electron chi connectivity index (χ1n) is 8.34. The number of benzene rings is 4. The van der Waals surface area contributed by atoms with Crippen LogP contribution in [0.4, 0.5) is 0 Å². The van der Waals surface area contributed by atoms with Crippen LogP contribution in [-0.2, 0) is 6.42 Å². The molecule has 0 fully saturated rings. The van der Waals surface area contributed by atoms with Crippen molar-refractivity contribution in [1.29, 1.82) is 0 Å². The Morgan fingerprint density at radius 1 is 0.625 bits per heavy atom. The molecule has 6 rings (SSSR count). The molecule has 0 bridgehead atoms. The molecule has 1 aromatic heterocycles. The van der Waals surface area contributed by atoms with Gasteiger partial charge in [0.1, 0.15) is 0 Å². The van der Waals surface area contributed by atoms with Crippen LogP contribution < -0.4 is 0 Å². The summed E-state index contributed by atoms with van der Waals surface area (Å²) >= 11 is 1.92. The van der Waals surface area contributed by atoms with Crippen LogP contribution >= 0.6 is 11.3 Å². The average Bonchev–Trinajstić information content (AvgIpc) is 3.17. The molecule has 0 radical (unpaired) electrons. The third-order valence-electron chi connectivity index (χ3n) is 5.27. The fraction of sp³-hybridized carbons (Fsp3) is 0.0435. The Morgan fingerprint density at radius 2 is 1.50 bits per heavy atom. The van der Waals surface area contributed by atoms with Crippen LogP contribution in [0, 0.1) is 0 Å². The Balaban J connectivity index is 1.79. The molecule has 1 aliphatic rings. The van der Waals surface area contributed by atoms with Crippen LogP contribution in [0.5, 0.6) is 0 Å². The van der Waals surface area contributed by atoms with Gasteiger partial charge in [0.25, 0.3) is 0 Å². The monoisotopic (exact) mass is 322 g/mol. The van der Waals surface area contributed by atoms with Gasteiger partial charge in [0, 0.05) is 20.2 Å². The van der Waals surface area contributed by atoms with Gasteiger partial charge in [0.15, 0.2) is 0 Å². The summed E-state index contributed by atoms with van der Waals surface area (Å²) < 4.78 is 2.80. The van der Waals surface area contributed by atoms with E-state index in [0.29, 0.717) is 0 Å². The molecule has 0 amide bonds. The third-order valence-corrected chi connectivity index (χ3v) is 6.39. The summed E-state index contributed by atoms with van der Waals surface area (Å²) in [6.45, 7) is 0. The van der Waals surface area contributed by atoms with E-state index in [4.69, 9.17) is 0 Å². The normalized spacial score (nSPS) is 12.8. The van der Waals surface area contributed by atoms with Crippen LogP contribution in [0.15, 0.2) is 72.8 Å². The van der Waals surface area contributed by atoms with E-state index in [1.54, 1.807) is 0 Å². The number of hydrogen-bond donors (Lipinski definition) is 0. The van der Waals surface area contributed by atoms with Crippen LogP contribution in [0.2, 0.25) is 0 Å². The highest BCUT2D eigenvalue weighted by molar-refractivity contribution is 7.26. The van der Waals surface area contributed by atoms with Gasteiger partial charge in [-0.1, -0.05) is 54.6 Å². The van der Waals surface area contributed by atoms with Gasteiger partial charge in [-0.25, -0.2) is 0 Å². The molecule has 1 heterocycles. The van der Waals surface area contributed by atoms with Crippen molar-refractivity contribution in [3.05, 3.63) is 83.9 Å². The summed E-state index contributed by atoms with van der Waals surface area (Å²) in [7, 11) is 0. The van der Waals surface area contributed by atoms with Gasteiger partial charge >= 0.3 is 0 Å². The quantitative estimate of drug-likeness (QED) is 0.289. The number of thiophene rings is 1. The van der Waals surface area contributed by atoms with E-state index in [-0.39, 0.29) is 0 Å². The highest BCUT2D eigenvalue weighted by Crippen LogP contribution is 2.44. The van der Waals surface area contributed by atoms with E-state index in [0.717, 1.165) is 6.42 Å². The SMILES string of the molecule is c1ccc2c(c1)Cc1cc3sc4ccc5ccccc5c4c3cc1-2. The van der Waals surface area contributed by atoms with Crippen molar-refractivity contribution in [2.24, 2.45) is 0 Å². The molecule has 1 heteroatoms. The van der Waals surface area contributed by atoms with Crippen LogP contribution in [0.1, 0.15) is 11.1 Å². The number of hydrogen-bond acceptors (Lipinski definition) is 1. The minimum absolute atomic E-state index is 1.07. The van der Waals surface area contributed by atoms with E-state index in [1.165, 1.54) is 53.2 Å². The summed E-state index contributed by atoms with van der Waals surface area (Å²) in [6.07, 6.45) is 1.07. The fourth-order valence-corrected chi connectivity index (χ4v) is 5.34. The van der Waals surface area contributed by atoms with Crippen molar-refractivity contribution in [1.82, 2.24) is 0 Å². The minimum atomic E-state index is 1.07. The summed E-state index contributed by atoms with van der Waals surface area (Å²) in [5.41, 5.74) is 5.76. The molecular weight excluding hydrogens is 308 g/mol. The zero-order valence-electron chi connectivity index (χ0n) is 13.0. The van der Waals surface area contributed by atoms with Gasteiger partial charge in [-0.2, -0.15) is 0 Å². The van der Waals surface area contributed by atoms with Crippen LogP contribution in [0.3, 0.4) is 0 Å². The topological polar surface area (TPSA) is 0 Å². The summed E-state index contributed by atoms with van der Waals surface area (Å²) in [5, 5.41) is 5.51. The van der Waals surface area contributed by atoms with E-state index >= 15 is 0 Å². The molecule has 24 heavy (non-hydrogen) atoms. The van der Waals surface area contributed by atoms with Crippen molar-refractivity contribution >= 4 is 42.3 Å². The van der Waals surface area contributed by atoms with Gasteiger partial charge in [-0.15, -0.1) is 11.3 Å². The molecule has 4 aromatic carbocycles. The second-order valence-electron chi connectivity index (χ2n) is 6.60. The van der Waals surface area contributed by atoms with Gasteiger partial charge in [-0.3, -0.25) is 0 Å². The first-order chi connectivity index (χ1) is 11.9. The highest BCUT2D eigenvalue weighted by atomic mass is 32.1. The summed E-state index contributed by atoms with van der Waals surface area (Å²) in [6, 6.07) is 26.9. The second-order valence-corrected chi connectivity index (χ2v) is 7.69. The van der Waals surface area contributed by atoms with Crippen molar-refractivity contribution in [3.8, 4) is 11.1 Å². The van der Waals surface area contributed by atoms with E-state index < -0.39 is 0 Å². The molecule has 0 atom stereocenters. The molecule has 0 saturated carbocycles. The average molecular weight is 322 g/mol. The van der Waals surface area contributed by atoms with Crippen LogP contribution in [-0.4, -0.2) is 0 Å². The smallest absolute Gasteiger partial charge is 0.0361 e. The predicted octanol–water partition coefficient (Wildman–Crippen LogP) is 6.78. The Labute approximate surface area is 144 Å². The summed E-state index contributed by atoms with van der Waals surface area (Å²) in [5.74, 6) is 0. The standard InChI is InChI=1S/C23H14S/c1-4-8-18-14(5-1)9-10-21-23(18)20-13-19-16(12-22(20)24-21)11-15-6-2-3-7-17(15)19/h1-10,12-13H,11H2. The Morgan fingerprint density at radius 3 is 2.50 bits per heavy atom. The van der Waals surface area contributed by atoms with Crippen molar-refractivity contribution < 1.29 is 0 Å². The first kappa shape index (κ1) is 12.7. The molecule has 0 unspecified atom stereocenters. The summed E-state index contributed by atoms with van der Waals surface area (Å²) in [4.78, 5) is 0. The molecule has 112 valence electrons. The molecule has 1 aliphatic carbocycles. The lowest BCUT2D eigenvalue weighted by atomic mass is 10.00. The number of rotatable bonds is 0. The molecular formula is C23H14S. The van der Waals surface area contributed by atoms with E-state index in [2.05, 4.69) is 72.8 Å². The zero-order valence-corrected chi connectivity index (χ0v) is 13.9. The maximum atomic E-state index is 2.43. The third kappa shape index (κ3) is 1.58. The lowest BCUT2D eigenvalue weighted by molar-refractivity contribution is 1.27. The van der Waals surface area contributed by atoms with Crippen LogP contribution in [0.25, 0.3) is 42.1 Å². The van der Waals surface area contributed by atoms with Gasteiger partial charge in [0.2, 0.25) is 0 Å². The molecule has 0 spiro atoms. The minimum Gasteiger partial charge on any atom is -0.135 e. The van der Waals surface area contributed by atoms with E-state index in [1.807, 2.05) is 11.3 Å². The lowest BCUT2D eigenvalue weighted by Gasteiger charge is -2.03. The Hall–Kier alpha value is -2.64. The maximum Gasteiger partial charge on any atom is 0.0361 e.